The Morgan fingerprint density at radius 3 is 2.79 bits per heavy atom. The van der Waals surface area contributed by atoms with Crippen molar-refractivity contribution in [2.75, 3.05) is 0 Å². The van der Waals surface area contributed by atoms with E-state index in [1.165, 1.54) is 0 Å². The summed E-state index contributed by atoms with van der Waals surface area (Å²) in [5.74, 6) is -0.168. The van der Waals surface area contributed by atoms with Gasteiger partial charge in [-0.25, -0.2) is 0 Å². The van der Waals surface area contributed by atoms with Crippen molar-refractivity contribution in [3.63, 3.8) is 0 Å². The largest absolute Gasteiger partial charge is 0.461 e. The summed E-state index contributed by atoms with van der Waals surface area (Å²) in [6, 6.07) is 0. The van der Waals surface area contributed by atoms with Crippen LogP contribution in [0, 0.1) is 23.2 Å². The van der Waals surface area contributed by atoms with E-state index in [-0.39, 0.29) is 35.2 Å². The first-order valence-corrected chi connectivity index (χ1v) is 7.11. The highest BCUT2D eigenvalue weighted by atomic mass is 16.6. The van der Waals surface area contributed by atoms with Gasteiger partial charge in [0.1, 0.15) is 6.10 Å². The summed E-state index contributed by atoms with van der Waals surface area (Å²) in [6.45, 7) is 7.96. The van der Waals surface area contributed by atoms with E-state index in [2.05, 4.69) is 6.58 Å². The standard InChI is InChI=1S/C15H22O4/c1-7-9-4-5-15(3)11(17)6-10(16)8(2)12(15)13(9)19-14(7)18/h7,9-13,16-17H,2,4-6H2,1,3H3/t7-,9-,10-,11+,12+,13-,15-/m0/s1. The maximum atomic E-state index is 11.8. The lowest BCUT2D eigenvalue weighted by molar-refractivity contribution is -0.155. The molecule has 7 atom stereocenters. The Labute approximate surface area is 113 Å². The van der Waals surface area contributed by atoms with Gasteiger partial charge in [-0.3, -0.25) is 4.79 Å². The molecule has 3 fully saturated rings. The van der Waals surface area contributed by atoms with Crippen LogP contribution in [0.4, 0.5) is 0 Å². The fourth-order valence-corrected chi connectivity index (χ4v) is 4.37. The average molecular weight is 266 g/mol. The Hall–Kier alpha value is -0.870. The van der Waals surface area contributed by atoms with Gasteiger partial charge in [0.25, 0.3) is 0 Å². The van der Waals surface area contributed by atoms with Crippen LogP contribution in [0.2, 0.25) is 0 Å². The molecule has 0 aromatic carbocycles. The van der Waals surface area contributed by atoms with Gasteiger partial charge in [0.15, 0.2) is 0 Å². The van der Waals surface area contributed by atoms with Crippen molar-refractivity contribution >= 4 is 5.97 Å². The molecule has 3 rings (SSSR count). The monoisotopic (exact) mass is 266 g/mol. The van der Waals surface area contributed by atoms with Crippen LogP contribution in [0.15, 0.2) is 12.2 Å². The maximum absolute atomic E-state index is 11.8. The Bertz CT molecular complexity index is 432. The van der Waals surface area contributed by atoms with E-state index < -0.39 is 12.2 Å². The molecule has 4 heteroatoms. The normalized spacial score (nSPS) is 53.5. The number of rotatable bonds is 0. The smallest absolute Gasteiger partial charge is 0.309 e. The van der Waals surface area contributed by atoms with Crippen LogP contribution in [0.5, 0.6) is 0 Å². The van der Waals surface area contributed by atoms with E-state index in [9.17, 15) is 15.0 Å². The van der Waals surface area contributed by atoms with Crippen molar-refractivity contribution in [3.8, 4) is 0 Å². The summed E-state index contributed by atoms with van der Waals surface area (Å²) >= 11 is 0. The molecule has 3 aliphatic rings. The second kappa shape index (κ2) is 4.06. The molecule has 0 aromatic rings. The molecule has 1 heterocycles. The molecule has 2 saturated carbocycles. The molecule has 0 spiro atoms. The lowest BCUT2D eigenvalue weighted by atomic mass is 9.53. The highest BCUT2D eigenvalue weighted by molar-refractivity contribution is 5.75. The minimum Gasteiger partial charge on any atom is -0.461 e. The molecule has 2 aliphatic carbocycles. The highest BCUT2D eigenvalue weighted by Gasteiger charge is 2.60. The number of carbonyl (C=O) groups excluding carboxylic acids is 1. The van der Waals surface area contributed by atoms with Crippen molar-refractivity contribution in [2.45, 2.75) is 51.4 Å². The fourth-order valence-electron chi connectivity index (χ4n) is 4.37. The van der Waals surface area contributed by atoms with Crippen LogP contribution in [0.3, 0.4) is 0 Å². The number of carbonyl (C=O) groups is 1. The fraction of sp³-hybridized carbons (Fsp3) is 0.800. The SMILES string of the molecule is C=C1[C@@H]2[C@H]3OC(=O)[C@@H](C)[C@@H]3CC[C@@]2(C)[C@H](O)C[C@@H]1O. The molecular weight excluding hydrogens is 244 g/mol. The van der Waals surface area contributed by atoms with Gasteiger partial charge in [-0.15, -0.1) is 0 Å². The summed E-state index contributed by atoms with van der Waals surface area (Å²) in [6.07, 6.45) is 0.609. The molecule has 1 aliphatic heterocycles. The van der Waals surface area contributed by atoms with E-state index in [1.807, 2.05) is 13.8 Å². The third-order valence-electron chi connectivity index (χ3n) is 5.78. The van der Waals surface area contributed by atoms with Crippen LogP contribution in [0.25, 0.3) is 0 Å². The first-order chi connectivity index (χ1) is 8.86. The Morgan fingerprint density at radius 1 is 1.42 bits per heavy atom. The molecular formula is C15H22O4. The summed E-state index contributed by atoms with van der Waals surface area (Å²) in [7, 11) is 0. The number of hydrogen-bond acceptors (Lipinski definition) is 4. The minimum atomic E-state index is -0.693. The molecule has 0 aromatic heterocycles. The number of esters is 1. The lowest BCUT2D eigenvalue weighted by Gasteiger charge is -2.54. The van der Waals surface area contributed by atoms with Gasteiger partial charge in [-0.2, -0.15) is 0 Å². The van der Waals surface area contributed by atoms with Crippen LogP contribution in [-0.2, 0) is 9.53 Å². The van der Waals surface area contributed by atoms with Gasteiger partial charge in [0.2, 0.25) is 0 Å². The predicted molar refractivity (Wildman–Crippen MR) is 69.1 cm³/mol. The predicted octanol–water partition coefficient (Wildman–Crippen LogP) is 1.26. The van der Waals surface area contributed by atoms with Crippen molar-refractivity contribution < 1.29 is 19.7 Å². The molecule has 1 saturated heterocycles. The quantitative estimate of drug-likeness (QED) is 0.512. The van der Waals surface area contributed by atoms with Crippen molar-refractivity contribution in [1.82, 2.24) is 0 Å². The molecule has 106 valence electrons. The van der Waals surface area contributed by atoms with Gasteiger partial charge < -0.3 is 14.9 Å². The average Bonchev–Trinajstić information content (AvgIpc) is 2.63. The summed E-state index contributed by atoms with van der Waals surface area (Å²) in [4.78, 5) is 11.8. The van der Waals surface area contributed by atoms with Crippen LogP contribution in [-0.4, -0.2) is 34.5 Å². The van der Waals surface area contributed by atoms with Crippen LogP contribution in [0.1, 0.15) is 33.1 Å². The van der Waals surface area contributed by atoms with Crippen LogP contribution >= 0.6 is 0 Å². The number of fused-ring (bicyclic) bond motifs is 3. The zero-order valence-electron chi connectivity index (χ0n) is 11.5. The zero-order chi connectivity index (χ0) is 13.9. The van der Waals surface area contributed by atoms with E-state index >= 15 is 0 Å². The second-order valence-corrected chi connectivity index (χ2v) is 6.72. The topological polar surface area (TPSA) is 66.8 Å². The Kier molecular flexibility index (Phi) is 2.81. The number of hydrogen-bond donors (Lipinski definition) is 2. The third-order valence-corrected chi connectivity index (χ3v) is 5.78. The van der Waals surface area contributed by atoms with Gasteiger partial charge in [0.05, 0.1) is 18.1 Å². The van der Waals surface area contributed by atoms with Gasteiger partial charge in [0, 0.05) is 23.7 Å². The Balaban J connectivity index is 2.00. The number of ether oxygens (including phenoxy) is 1. The molecule has 0 bridgehead atoms. The van der Waals surface area contributed by atoms with Crippen molar-refractivity contribution in [2.24, 2.45) is 23.2 Å². The zero-order valence-corrected chi connectivity index (χ0v) is 11.5. The van der Waals surface area contributed by atoms with Gasteiger partial charge >= 0.3 is 5.97 Å². The van der Waals surface area contributed by atoms with Crippen LogP contribution < -0.4 is 0 Å². The first kappa shape index (κ1) is 13.1. The van der Waals surface area contributed by atoms with Gasteiger partial charge in [-0.1, -0.05) is 20.4 Å². The summed E-state index contributed by atoms with van der Waals surface area (Å²) in [5, 5.41) is 20.4. The van der Waals surface area contributed by atoms with E-state index in [0.29, 0.717) is 6.42 Å². The highest BCUT2D eigenvalue weighted by Crippen LogP contribution is 2.57. The van der Waals surface area contributed by atoms with E-state index in [1.54, 1.807) is 0 Å². The summed E-state index contributed by atoms with van der Waals surface area (Å²) in [5.41, 5.74) is 0.395. The molecule has 0 radical (unpaired) electrons. The lowest BCUT2D eigenvalue weighted by Crippen LogP contribution is -2.56. The molecule has 19 heavy (non-hydrogen) atoms. The third kappa shape index (κ3) is 1.62. The van der Waals surface area contributed by atoms with Crippen molar-refractivity contribution in [3.05, 3.63) is 12.2 Å². The molecule has 0 unspecified atom stereocenters. The molecule has 0 amide bonds. The second-order valence-electron chi connectivity index (χ2n) is 6.72. The molecule has 4 nitrogen and oxygen atoms in total. The molecule has 2 N–H and O–H groups in total. The van der Waals surface area contributed by atoms with Crippen molar-refractivity contribution in [1.29, 1.82) is 0 Å². The maximum Gasteiger partial charge on any atom is 0.309 e. The van der Waals surface area contributed by atoms with Gasteiger partial charge in [-0.05, 0) is 18.4 Å². The number of aliphatic hydroxyl groups is 2. The Morgan fingerprint density at radius 2 is 2.11 bits per heavy atom. The first-order valence-electron chi connectivity index (χ1n) is 7.11. The number of aliphatic hydroxyl groups excluding tert-OH is 2. The minimum absolute atomic E-state index is 0.0847. The van der Waals surface area contributed by atoms with E-state index in [4.69, 9.17) is 4.74 Å². The van der Waals surface area contributed by atoms with E-state index in [0.717, 1.165) is 18.4 Å². The summed E-state index contributed by atoms with van der Waals surface area (Å²) < 4.78 is 5.56.